The third kappa shape index (κ3) is 3.61. The van der Waals surface area contributed by atoms with Crippen LogP contribution in [0.5, 0.6) is 5.75 Å². The smallest absolute Gasteiger partial charge is 0.139 e. The molecule has 0 heterocycles. The highest BCUT2D eigenvalue weighted by Crippen LogP contribution is 2.29. The minimum absolute atomic E-state index is 0.0419. The molecule has 18 heavy (non-hydrogen) atoms. The molecule has 2 aromatic carbocycles. The van der Waals surface area contributed by atoms with E-state index < -0.39 is 0 Å². The van der Waals surface area contributed by atoms with E-state index >= 15 is 0 Å². The first-order valence-electron chi connectivity index (χ1n) is 6.19. The van der Waals surface area contributed by atoms with E-state index in [1.165, 1.54) is 17.0 Å². The van der Waals surface area contributed by atoms with Gasteiger partial charge in [-0.05, 0) is 35.6 Å². The Bertz CT molecular complexity index is 470. The summed E-state index contributed by atoms with van der Waals surface area (Å²) in [6, 6.07) is 19.2. The van der Waals surface area contributed by atoms with Crippen LogP contribution >= 0.6 is 7.80 Å². The molecule has 0 N–H and O–H groups in total. The van der Waals surface area contributed by atoms with Crippen LogP contribution in [-0.4, -0.2) is 20.8 Å². The van der Waals surface area contributed by atoms with Gasteiger partial charge < -0.3 is 4.74 Å². The largest absolute Gasteiger partial charge is 0.497 e. The normalized spacial score (nSPS) is 12.1. The lowest BCUT2D eigenvalue weighted by Crippen LogP contribution is -2.04. The third-order valence-electron chi connectivity index (χ3n) is 3.09. The lowest BCUT2D eigenvalue weighted by Gasteiger charge is -2.12. The van der Waals surface area contributed by atoms with Gasteiger partial charge in [0, 0.05) is 0 Å². The summed E-state index contributed by atoms with van der Waals surface area (Å²) in [5.41, 5.74) is 1.39. The fourth-order valence-corrected chi connectivity index (χ4v) is 3.43. The Morgan fingerprint density at radius 3 is 2.28 bits per heavy atom. The van der Waals surface area contributed by atoms with Crippen molar-refractivity contribution in [1.29, 1.82) is 0 Å². The Hall–Kier alpha value is -1.27. The molecule has 2 rings (SSSR count). The van der Waals surface area contributed by atoms with Gasteiger partial charge >= 0.3 is 0 Å². The number of hydrogen-bond donors (Lipinski definition) is 0. The van der Waals surface area contributed by atoms with Crippen LogP contribution in [0.15, 0.2) is 54.6 Å². The van der Waals surface area contributed by atoms with Gasteiger partial charge in [0.2, 0.25) is 0 Å². The van der Waals surface area contributed by atoms with Gasteiger partial charge in [0.25, 0.3) is 0 Å². The van der Waals surface area contributed by atoms with Gasteiger partial charge in [-0.2, -0.15) is 0 Å². The van der Waals surface area contributed by atoms with E-state index in [9.17, 15) is 0 Å². The molecule has 92 valence electrons. The lowest BCUT2D eigenvalue weighted by molar-refractivity contribution is 0.414. The summed E-state index contributed by atoms with van der Waals surface area (Å²) in [5, 5.41) is 1.49. The molecule has 0 radical (unpaired) electrons. The molecule has 1 nitrogen and oxygen atoms in total. The molecule has 3 heteroatoms. The van der Waals surface area contributed by atoms with Crippen LogP contribution in [0.2, 0.25) is 0 Å². The minimum atomic E-state index is -0.0419. The van der Waals surface area contributed by atoms with E-state index in [0.717, 1.165) is 12.2 Å². The minimum Gasteiger partial charge on any atom is -0.497 e. The summed E-state index contributed by atoms with van der Waals surface area (Å²) in [4.78, 5) is 0. The zero-order valence-corrected chi connectivity index (χ0v) is 11.9. The van der Waals surface area contributed by atoms with Gasteiger partial charge in [-0.15, -0.1) is 7.80 Å². The van der Waals surface area contributed by atoms with Gasteiger partial charge in [-0.25, -0.2) is 0 Å². The molecular weight excluding hydrogens is 238 g/mol. The van der Waals surface area contributed by atoms with Crippen LogP contribution in [0, 0.1) is 0 Å². The van der Waals surface area contributed by atoms with Crippen molar-refractivity contribution in [2.45, 2.75) is 6.42 Å². The summed E-state index contributed by atoms with van der Waals surface area (Å²) in [5.74, 6) is 0.931. The first kappa shape index (κ1) is 13.2. The molecule has 0 aromatic heterocycles. The predicted octanol–water partition coefficient (Wildman–Crippen LogP) is 2.59. The summed E-state index contributed by atoms with van der Waals surface area (Å²) in [6.45, 7) is 0. The third-order valence-corrected chi connectivity index (χ3v) is 5.17. The second-order valence-corrected chi connectivity index (χ2v) is 6.71. The summed E-state index contributed by atoms with van der Waals surface area (Å²) in [7, 11) is 4.02. The molecule has 0 bridgehead atoms. The van der Waals surface area contributed by atoms with E-state index in [1.807, 2.05) is 12.1 Å². The average molecular weight is 256 g/mol. The standard InChI is InChI=1S/C15H18BOP/c1-17-14-9-7-13(8-10-14)11-12-18(16)15-5-3-2-4-6-15/h2-10H,11-12,16H2,1H3. The number of methoxy groups -OCH3 is 1. The molecule has 1 atom stereocenters. The maximum Gasteiger partial charge on any atom is 0.139 e. The highest BCUT2D eigenvalue weighted by atomic mass is 31.1. The van der Waals surface area contributed by atoms with E-state index in [4.69, 9.17) is 4.74 Å². The fraction of sp³-hybridized carbons (Fsp3) is 0.200. The van der Waals surface area contributed by atoms with Crippen molar-refractivity contribution in [3.8, 4) is 5.75 Å². The fourth-order valence-electron chi connectivity index (χ4n) is 1.90. The molecule has 0 aliphatic rings. The van der Waals surface area contributed by atoms with Gasteiger partial charge in [0.05, 0.1) is 7.11 Å². The number of rotatable bonds is 5. The van der Waals surface area contributed by atoms with Gasteiger partial charge in [-0.3, -0.25) is 0 Å². The Balaban J connectivity index is 1.91. The number of hydrogen-bond acceptors (Lipinski definition) is 1. The molecule has 0 spiro atoms. The zero-order valence-electron chi connectivity index (χ0n) is 11.0. The maximum absolute atomic E-state index is 5.17. The molecule has 0 amide bonds. The van der Waals surface area contributed by atoms with Crippen molar-refractivity contribution in [3.05, 3.63) is 60.2 Å². The van der Waals surface area contributed by atoms with Crippen LogP contribution in [0.3, 0.4) is 0 Å². The monoisotopic (exact) mass is 256 g/mol. The first-order valence-corrected chi connectivity index (χ1v) is 8.16. The molecule has 0 fully saturated rings. The molecule has 1 unspecified atom stereocenters. The average Bonchev–Trinajstić information content (AvgIpc) is 2.46. The molecule has 0 saturated heterocycles. The van der Waals surface area contributed by atoms with Gasteiger partial charge in [0.15, 0.2) is 0 Å². The lowest BCUT2D eigenvalue weighted by atomic mass is 10.2. The zero-order chi connectivity index (χ0) is 12.8. The SMILES string of the molecule is BP(CCc1ccc(OC)cc1)c1ccccc1. The van der Waals surface area contributed by atoms with E-state index in [2.05, 4.69) is 50.0 Å². The van der Waals surface area contributed by atoms with Crippen molar-refractivity contribution in [1.82, 2.24) is 0 Å². The predicted molar refractivity (Wildman–Crippen MR) is 83.1 cm³/mol. The molecule has 0 aliphatic carbocycles. The summed E-state index contributed by atoms with van der Waals surface area (Å²) in [6.07, 6.45) is 2.38. The Labute approximate surface area is 111 Å². The number of benzene rings is 2. The Morgan fingerprint density at radius 1 is 1.00 bits per heavy atom. The van der Waals surface area contributed by atoms with Gasteiger partial charge in [0.1, 0.15) is 13.3 Å². The highest BCUT2D eigenvalue weighted by molar-refractivity contribution is 7.88. The topological polar surface area (TPSA) is 9.23 Å². The highest BCUT2D eigenvalue weighted by Gasteiger charge is 2.04. The van der Waals surface area contributed by atoms with Crippen molar-refractivity contribution < 1.29 is 4.74 Å². The quantitative estimate of drug-likeness (QED) is 0.590. The van der Waals surface area contributed by atoms with Crippen LogP contribution in [0.4, 0.5) is 0 Å². The number of ether oxygens (including phenoxy) is 1. The summed E-state index contributed by atoms with van der Waals surface area (Å²) < 4.78 is 5.17. The second-order valence-electron chi connectivity index (χ2n) is 4.36. The van der Waals surface area contributed by atoms with Crippen LogP contribution in [0.1, 0.15) is 5.56 Å². The Morgan fingerprint density at radius 2 is 1.67 bits per heavy atom. The second kappa shape index (κ2) is 6.61. The van der Waals surface area contributed by atoms with Gasteiger partial charge in [-0.1, -0.05) is 42.5 Å². The molecular formula is C15H18BOP. The van der Waals surface area contributed by atoms with Crippen molar-refractivity contribution in [3.63, 3.8) is 0 Å². The molecule has 0 saturated carbocycles. The van der Waals surface area contributed by atoms with Crippen molar-refractivity contribution in [2.75, 3.05) is 13.3 Å². The van der Waals surface area contributed by atoms with Crippen molar-refractivity contribution >= 4 is 20.7 Å². The molecule has 2 aromatic rings. The summed E-state index contributed by atoms with van der Waals surface area (Å²) >= 11 is 0. The first-order chi connectivity index (χ1) is 8.79. The van der Waals surface area contributed by atoms with Crippen molar-refractivity contribution in [2.24, 2.45) is 0 Å². The number of aryl methyl sites for hydroxylation is 1. The maximum atomic E-state index is 5.17. The van der Waals surface area contributed by atoms with E-state index in [1.54, 1.807) is 7.11 Å². The molecule has 0 aliphatic heterocycles. The Kier molecular flexibility index (Phi) is 4.84. The van der Waals surface area contributed by atoms with Crippen LogP contribution in [0.25, 0.3) is 0 Å². The van der Waals surface area contributed by atoms with Crippen LogP contribution in [-0.2, 0) is 6.42 Å². The van der Waals surface area contributed by atoms with Crippen LogP contribution < -0.4 is 10.0 Å². The van der Waals surface area contributed by atoms with E-state index in [0.29, 0.717) is 0 Å². The van der Waals surface area contributed by atoms with E-state index in [-0.39, 0.29) is 7.80 Å².